The van der Waals surface area contributed by atoms with Crippen LogP contribution >= 0.6 is 0 Å². The van der Waals surface area contributed by atoms with E-state index in [2.05, 4.69) is 4.72 Å². The Hall–Kier alpha value is -2.38. The third-order valence-electron chi connectivity index (χ3n) is 4.25. The minimum absolute atomic E-state index is 0.113. The third kappa shape index (κ3) is 5.55. The van der Waals surface area contributed by atoms with Gasteiger partial charge in [0.25, 0.3) is 0 Å². The van der Waals surface area contributed by atoms with Gasteiger partial charge < -0.3 is 9.64 Å². The van der Waals surface area contributed by atoms with Crippen molar-refractivity contribution < 1.29 is 17.9 Å². The van der Waals surface area contributed by atoms with Crippen molar-refractivity contribution in [2.45, 2.75) is 32.6 Å². The summed E-state index contributed by atoms with van der Waals surface area (Å²) in [6, 6.07) is 12.0. The molecule has 0 heterocycles. The number of nitrogens with zero attached hydrogens (tertiary/aromatic N) is 1. The van der Waals surface area contributed by atoms with Crippen LogP contribution in [0, 0.1) is 13.8 Å². The first-order valence-electron chi connectivity index (χ1n) is 8.82. The van der Waals surface area contributed by atoms with Crippen LogP contribution in [0.15, 0.2) is 47.4 Å². The summed E-state index contributed by atoms with van der Waals surface area (Å²) < 4.78 is 32.7. The van der Waals surface area contributed by atoms with Crippen molar-refractivity contribution in [1.29, 1.82) is 0 Å². The minimum Gasteiger partial charge on any atom is -0.494 e. The molecule has 27 heavy (non-hydrogen) atoms. The fraction of sp³-hybridized carbons (Fsp3) is 0.350. The van der Waals surface area contributed by atoms with Crippen LogP contribution in [0.3, 0.4) is 0 Å². The van der Waals surface area contributed by atoms with E-state index < -0.39 is 10.0 Å². The number of benzene rings is 2. The van der Waals surface area contributed by atoms with E-state index in [0.29, 0.717) is 12.4 Å². The first kappa shape index (κ1) is 20.9. The molecule has 0 aliphatic rings. The Balaban J connectivity index is 2.04. The second kappa shape index (κ2) is 9.01. The zero-order valence-corrected chi connectivity index (χ0v) is 17.0. The van der Waals surface area contributed by atoms with E-state index in [9.17, 15) is 13.2 Å². The monoisotopic (exact) mass is 390 g/mol. The Morgan fingerprint density at radius 2 is 1.74 bits per heavy atom. The lowest BCUT2D eigenvalue weighted by atomic mass is 10.1. The summed E-state index contributed by atoms with van der Waals surface area (Å²) in [7, 11) is -3.65. The number of amides is 1. The maximum Gasteiger partial charge on any atom is 0.240 e. The van der Waals surface area contributed by atoms with Crippen molar-refractivity contribution in [2.75, 3.05) is 24.6 Å². The van der Waals surface area contributed by atoms with Gasteiger partial charge >= 0.3 is 0 Å². The lowest BCUT2D eigenvalue weighted by molar-refractivity contribution is -0.116. The molecule has 0 bridgehead atoms. The Morgan fingerprint density at radius 3 is 2.30 bits per heavy atom. The molecule has 2 aromatic carbocycles. The number of hydrogen-bond acceptors (Lipinski definition) is 4. The van der Waals surface area contributed by atoms with Crippen LogP contribution < -0.4 is 14.4 Å². The molecule has 146 valence electrons. The number of carbonyl (C=O) groups excluding carboxylic acids is 1. The second-order valence-corrected chi connectivity index (χ2v) is 8.01. The van der Waals surface area contributed by atoms with Crippen molar-refractivity contribution in [3.05, 3.63) is 53.6 Å². The molecule has 1 N–H and O–H groups in total. The van der Waals surface area contributed by atoms with Gasteiger partial charge in [0.1, 0.15) is 5.75 Å². The van der Waals surface area contributed by atoms with Crippen LogP contribution in [-0.4, -0.2) is 34.0 Å². The van der Waals surface area contributed by atoms with E-state index in [0.717, 1.165) is 16.8 Å². The molecule has 0 radical (unpaired) electrons. The Labute approximate surface area is 161 Å². The first-order chi connectivity index (χ1) is 12.7. The predicted molar refractivity (Wildman–Crippen MR) is 107 cm³/mol. The number of aryl methyl sites for hydroxylation is 2. The van der Waals surface area contributed by atoms with Gasteiger partial charge in [-0.25, -0.2) is 13.1 Å². The van der Waals surface area contributed by atoms with Gasteiger partial charge in [0, 0.05) is 25.7 Å². The van der Waals surface area contributed by atoms with E-state index >= 15 is 0 Å². The molecular formula is C20H26N2O4S. The van der Waals surface area contributed by atoms with E-state index in [-0.39, 0.29) is 23.9 Å². The van der Waals surface area contributed by atoms with Gasteiger partial charge in [0.2, 0.25) is 15.9 Å². The molecular weight excluding hydrogens is 364 g/mol. The Morgan fingerprint density at radius 1 is 1.07 bits per heavy atom. The van der Waals surface area contributed by atoms with E-state index in [1.807, 2.05) is 39.0 Å². The van der Waals surface area contributed by atoms with Crippen molar-refractivity contribution in [3.8, 4) is 5.75 Å². The number of hydrogen-bond donors (Lipinski definition) is 1. The smallest absolute Gasteiger partial charge is 0.240 e. The highest BCUT2D eigenvalue weighted by atomic mass is 32.2. The van der Waals surface area contributed by atoms with Crippen LogP contribution in [0.2, 0.25) is 0 Å². The van der Waals surface area contributed by atoms with Gasteiger partial charge in [0.05, 0.1) is 11.5 Å². The molecule has 6 nitrogen and oxygen atoms in total. The number of anilines is 1. The summed E-state index contributed by atoms with van der Waals surface area (Å²) in [6.45, 7) is 8.19. The molecule has 0 aliphatic heterocycles. The maximum atomic E-state index is 12.4. The van der Waals surface area contributed by atoms with Gasteiger partial charge in [-0.1, -0.05) is 6.07 Å². The molecule has 0 aliphatic carbocycles. The first-order valence-corrected chi connectivity index (χ1v) is 10.3. The van der Waals surface area contributed by atoms with Gasteiger partial charge in [-0.05, 0) is 68.3 Å². The van der Waals surface area contributed by atoms with Crippen molar-refractivity contribution >= 4 is 21.6 Å². The Kier molecular flexibility index (Phi) is 6.98. The molecule has 0 atom stereocenters. The molecule has 0 spiro atoms. The van der Waals surface area contributed by atoms with Crippen LogP contribution in [0.1, 0.15) is 25.0 Å². The largest absolute Gasteiger partial charge is 0.494 e. The minimum atomic E-state index is -3.65. The molecule has 1 amide bonds. The molecule has 0 aromatic heterocycles. The van der Waals surface area contributed by atoms with Gasteiger partial charge in [-0.15, -0.1) is 0 Å². The summed E-state index contributed by atoms with van der Waals surface area (Å²) in [4.78, 5) is 13.7. The topological polar surface area (TPSA) is 75.7 Å². The normalized spacial score (nSPS) is 11.3. The number of nitrogens with one attached hydrogen (secondary N) is 1. The number of rotatable bonds is 8. The van der Waals surface area contributed by atoms with Gasteiger partial charge in [-0.2, -0.15) is 0 Å². The lowest BCUT2D eigenvalue weighted by Gasteiger charge is -2.22. The maximum absolute atomic E-state index is 12.4. The lowest BCUT2D eigenvalue weighted by Crippen LogP contribution is -2.37. The highest BCUT2D eigenvalue weighted by Crippen LogP contribution is 2.19. The number of ether oxygens (including phenoxy) is 1. The summed E-state index contributed by atoms with van der Waals surface area (Å²) >= 11 is 0. The van der Waals surface area contributed by atoms with Crippen LogP contribution in [0.5, 0.6) is 5.75 Å². The Bertz CT molecular complexity index is 893. The summed E-state index contributed by atoms with van der Waals surface area (Å²) in [5.74, 6) is 0.479. The highest BCUT2D eigenvalue weighted by Gasteiger charge is 2.16. The SMILES string of the molecule is CCOc1ccc(S(=O)(=O)NCCN(C(C)=O)c2ccc(C)c(C)c2)cc1. The standard InChI is InChI=1S/C20H26N2O4S/c1-5-26-19-8-10-20(11-9-19)27(24,25)21-12-13-22(17(4)23)18-7-6-15(2)16(3)14-18/h6-11,14,21H,5,12-13H2,1-4H3. The summed E-state index contributed by atoms with van der Waals surface area (Å²) in [5.41, 5.74) is 2.97. The molecule has 0 unspecified atom stereocenters. The van der Waals surface area contributed by atoms with Crippen molar-refractivity contribution in [3.63, 3.8) is 0 Å². The third-order valence-corrected chi connectivity index (χ3v) is 5.73. The van der Waals surface area contributed by atoms with Crippen molar-refractivity contribution in [1.82, 2.24) is 4.72 Å². The fourth-order valence-corrected chi connectivity index (χ4v) is 3.64. The highest BCUT2D eigenvalue weighted by molar-refractivity contribution is 7.89. The van der Waals surface area contributed by atoms with Gasteiger partial charge in [0.15, 0.2) is 0 Å². The summed E-state index contributed by atoms with van der Waals surface area (Å²) in [5, 5.41) is 0. The molecule has 2 aromatic rings. The zero-order valence-electron chi connectivity index (χ0n) is 16.2. The van der Waals surface area contributed by atoms with E-state index in [1.165, 1.54) is 19.1 Å². The molecule has 2 rings (SSSR count). The van der Waals surface area contributed by atoms with Crippen LogP contribution in [0.4, 0.5) is 5.69 Å². The molecule has 0 fully saturated rings. The van der Waals surface area contributed by atoms with Crippen LogP contribution in [0.25, 0.3) is 0 Å². The molecule has 7 heteroatoms. The average molecular weight is 391 g/mol. The summed E-state index contributed by atoms with van der Waals surface area (Å²) in [6.07, 6.45) is 0. The number of carbonyl (C=O) groups is 1. The van der Waals surface area contributed by atoms with Crippen molar-refractivity contribution in [2.24, 2.45) is 0 Å². The van der Waals surface area contributed by atoms with Crippen LogP contribution in [-0.2, 0) is 14.8 Å². The predicted octanol–water partition coefficient (Wildman–Crippen LogP) is 3.03. The zero-order chi connectivity index (χ0) is 20.0. The van der Waals surface area contributed by atoms with Gasteiger partial charge in [-0.3, -0.25) is 4.79 Å². The fourth-order valence-electron chi connectivity index (χ4n) is 2.62. The molecule has 0 saturated heterocycles. The van der Waals surface area contributed by atoms with E-state index in [1.54, 1.807) is 17.0 Å². The quantitative estimate of drug-likeness (QED) is 0.752. The average Bonchev–Trinajstić information content (AvgIpc) is 2.62. The van der Waals surface area contributed by atoms with E-state index in [4.69, 9.17) is 4.74 Å². The second-order valence-electron chi connectivity index (χ2n) is 6.24. The molecule has 0 saturated carbocycles. The number of sulfonamides is 1.